The third-order valence-corrected chi connectivity index (χ3v) is 4.68. The summed E-state index contributed by atoms with van der Waals surface area (Å²) in [5.41, 5.74) is 0. The Hall–Kier alpha value is -0.0700. The molecule has 2 heterocycles. The molecule has 0 aliphatic carbocycles. The number of aliphatic hydroxyl groups excluding tert-OH is 6. The zero-order chi connectivity index (χ0) is 17.1. The molecule has 2 aliphatic rings. The maximum Gasteiger partial charge on any atom is 0.186 e. The average molecular weight is 374 g/mol. The summed E-state index contributed by atoms with van der Waals surface area (Å²) in [5.74, 6) is -0.435. The van der Waals surface area contributed by atoms with Crippen LogP contribution in [0.4, 0.5) is 0 Å². The van der Waals surface area contributed by atoms with Crippen LogP contribution < -0.4 is 0 Å². The van der Waals surface area contributed by atoms with Gasteiger partial charge in [-0.1, -0.05) is 0 Å². The van der Waals surface area contributed by atoms with Gasteiger partial charge in [-0.05, 0) is 6.42 Å². The smallest absolute Gasteiger partial charge is 0.186 e. The van der Waals surface area contributed by atoms with E-state index in [-0.39, 0.29) is 25.6 Å². The molecule has 0 aromatic heterocycles. The SMILES string of the molecule is CO[C@H]1O[C@@H](CCN2C[C@H](CO)[C@@H](O)[C@H](O)C2)[C@@H](O)[C@@H](O)[C@H]1O.Cl. The molecule has 2 fully saturated rings. The summed E-state index contributed by atoms with van der Waals surface area (Å²) in [6, 6.07) is 0. The van der Waals surface area contributed by atoms with Gasteiger partial charge in [0.2, 0.25) is 0 Å². The zero-order valence-electron chi connectivity index (χ0n) is 13.5. The Kier molecular flexibility index (Phi) is 8.77. The lowest BCUT2D eigenvalue weighted by Gasteiger charge is -2.42. The third kappa shape index (κ3) is 4.76. The molecule has 0 spiro atoms. The van der Waals surface area contributed by atoms with Crippen LogP contribution in [-0.4, -0.2) is 112 Å². The molecule has 0 aromatic carbocycles. The van der Waals surface area contributed by atoms with Crippen molar-refractivity contribution in [3.8, 4) is 0 Å². The first-order valence-electron chi connectivity index (χ1n) is 7.80. The lowest BCUT2D eigenvalue weighted by atomic mass is 9.92. The monoisotopic (exact) mass is 373 g/mol. The van der Waals surface area contributed by atoms with Crippen LogP contribution >= 0.6 is 12.4 Å². The van der Waals surface area contributed by atoms with Gasteiger partial charge in [0.25, 0.3) is 0 Å². The summed E-state index contributed by atoms with van der Waals surface area (Å²) < 4.78 is 10.4. The van der Waals surface area contributed by atoms with Gasteiger partial charge in [0.15, 0.2) is 6.29 Å². The number of ether oxygens (including phenoxy) is 2. The van der Waals surface area contributed by atoms with Crippen molar-refractivity contribution in [2.75, 3.05) is 33.4 Å². The van der Waals surface area contributed by atoms with Crippen molar-refractivity contribution in [1.82, 2.24) is 4.90 Å². The van der Waals surface area contributed by atoms with E-state index >= 15 is 0 Å². The van der Waals surface area contributed by atoms with Gasteiger partial charge in [0, 0.05) is 39.3 Å². The summed E-state index contributed by atoms with van der Waals surface area (Å²) in [6.45, 7) is 0.866. The first-order valence-corrected chi connectivity index (χ1v) is 7.80. The van der Waals surface area contributed by atoms with E-state index in [9.17, 15) is 30.6 Å². The van der Waals surface area contributed by atoms with Gasteiger partial charge in [-0.2, -0.15) is 0 Å². The highest BCUT2D eigenvalue weighted by atomic mass is 35.5. The summed E-state index contributed by atoms with van der Waals surface area (Å²) in [6.07, 6.45) is -7.24. The zero-order valence-corrected chi connectivity index (χ0v) is 14.3. The van der Waals surface area contributed by atoms with E-state index in [1.807, 2.05) is 4.90 Å². The molecule has 2 rings (SSSR count). The molecular formula is C14H28ClNO8. The minimum atomic E-state index is -1.36. The quantitative estimate of drug-likeness (QED) is 0.295. The molecule has 6 N–H and O–H groups in total. The molecule has 0 saturated carbocycles. The van der Waals surface area contributed by atoms with Gasteiger partial charge in [-0.15, -0.1) is 12.4 Å². The molecule has 0 bridgehead atoms. The van der Waals surface area contributed by atoms with Gasteiger partial charge < -0.3 is 45.0 Å². The molecule has 10 heteroatoms. The number of hydrogen-bond acceptors (Lipinski definition) is 9. The van der Waals surface area contributed by atoms with E-state index in [1.54, 1.807) is 0 Å². The second-order valence-electron chi connectivity index (χ2n) is 6.30. The summed E-state index contributed by atoms with van der Waals surface area (Å²) in [5, 5.41) is 58.4. The van der Waals surface area contributed by atoms with Crippen LogP contribution in [0.25, 0.3) is 0 Å². The molecular weight excluding hydrogens is 346 g/mol. The maximum atomic E-state index is 10.0. The Labute approximate surface area is 146 Å². The molecule has 8 atom stereocenters. The van der Waals surface area contributed by atoms with Crippen LogP contribution in [-0.2, 0) is 9.47 Å². The number of piperidine rings is 1. The molecule has 2 saturated heterocycles. The van der Waals surface area contributed by atoms with Crippen LogP contribution in [0.3, 0.4) is 0 Å². The first kappa shape index (κ1) is 22.0. The lowest BCUT2D eigenvalue weighted by molar-refractivity contribution is -0.291. The van der Waals surface area contributed by atoms with Crippen LogP contribution in [0.15, 0.2) is 0 Å². The van der Waals surface area contributed by atoms with E-state index in [2.05, 4.69) is 0 Å². The van der Waals surface area contributed by atoms with Crippen molar-refractivity contribution in [3.63, 3.8) is 0 Å². The average Bonchev–Trinajstić information content (AvgIpc) is 2.55. The van der Waals surface area contributed by atoms with Crippen molar-refractivity contribution in [2.45, 2.75) is 49.3 Å². The Morgan fingerprint density at radius 2 is 1.67 bits per heavy atom. The van der Waals surface area contributed by atoms with Gasteiger partial charge in [-0.25, -0.2) is 0 Å². The van der Waals surface area contributed by atoms with Crippen LogP contribution in [0.5, 0.6) is 0 Å². The van der Waals surface area contributed by atoms with Crippen molar-refractivity contribution in [2.24, 2.45) is 5.92 Å². The second-order valence-corrected chi connectivity index (χ2v) is 6.30. The normalized spacial score (nSPS) is 44.1. The Morgan fingerprint density at radius 1 is 1.00 bits per heavy atom. The van der Waals surface area contributed by atoms with Crippen molar-refractivity contribution in [1.29, 1.82) is 0 Å². The summed E-state index contributed by atoms with van der Waals surface area (Å²) >= 11 is 0. The maximum absolute atomic E-state index is 10.0. The lowest BCUT2D eigenvalue weighted by Crippen LogP contribution is -2.59. The molecule has 0 aromatic rings. The fourth-order valence-corrected chi connectivity index (χ4v) is 3.21. The molecule has 24 heavy (non-hydrogen) atoms. The van der Waals surface area contributed by atoms with E-state index in [0.717, 1.165) is 0 Å². The van der Waals surface area contributed by atoms with Crippen molar-refractivity contribution >= 4 is 12.4 Å². The minimum Gasteiger partial charge on any atom is -0.396 e. The fraction of sp³-hybridized carbons (Fsp3) is 1.00. The Bertz CT molecular complexity index is 377. The standard InChI is InChI=1S/C14H27NO8.ClH/c1-22-14-13(21)12(20)11(19)9(23-14)2-3-15-4-7(6-16)10(18)8(17)5-15;/h7-14,16-21H,2-6H2,1H3;1H/t7-,8-,9+,10-,11-,12-,13-,14+;/m1./s1. The van der Waals surface area contributed by atoms with Crippen LogP contribution in [0, 0.1) is 5.92 Å². The van der Waals surface area contributed by atoms with E-state index in [1.165, 1.54) is 7.11 Å². The van der Waals surface area contributed by atoms with Gasteiger partial charge in [0.1, 0.15) is 18.3 Å². The Morgan fingerprint density at radius 3 is 2.25 bits per heavy atom. The number of β-amino-alcohol motifs (C(OH)–C–C–N with tert-alkyl or cyclic N) is 1. The van der Waals surface area contributed by atoms with Crippen molar-refractivity contribution in [3.05, 3.63) is 0 Å². The van der Waals surface area contributed by atoms with Gasteiger partial charge >= 0.3 is 0 Å². The highest BCUT2D eigenvalue weighted by Crippen LogP contribution is 2.25. The molecule has 9 nitrogen and oxygen atoms in total. The summed E-state index contributed by atoms with van der Waals surface area (Å²) in [4.78, 5) is 1.85. The summed E-state index contributed by atoms with van der Waals surface area (Å²) in [7, 11) is 1.34. The number of methoxy groups -OCH3 is 1. The third-order valence-electron chi connectivity index (χ3n) is 4.68. The highest BCUT2D eigenvalue weighted by Gasteiger charge is 2.44. The van der Waals surface area contributed by atoms with Crippen LogP contribution in [0.2, 0.25) is 0 Å². The number of halogens is 1. The molecule has 2 aliphatic heterocycles. The topological polar surface area (TPSA) is 143 Å². The van der Waals surface area contributed by atoms with E-state index in [4.69, 9.17) is 9.47 Å². The van der Waals surface area contributed by atoms with E-state index < -0.39 is 48.8 Å². The van der Waals surface area contributed by atoms with E-state index in [0.29, 0.717) is 19.5 Å². The molecule has 0 radical (unpaired) electrons. The molecule has 0 unspecified atom stereocenters. The van der Waals surface area contributed by atoms with Gasteiger partial charge in [0.05, 0.1) is 18.3 Å². The second kappa shape index (κ2) is 9.58. The van der Waals surface area contributed by atoms with Crippen molar-refractivity contribution < 1.29 is 40.1 Å². The number of likely N-dealkylation sites (tertiary alicyclic amines) is 1. The predicted molar refractivity (Wildman–Crippen MR) is 84.6 cm³/mol. The highest BCUT2D eigenvalue weighted by molar-refractivity contribution is 5.85. The van der Waals surface area contributed by atoms with Gasteiger partial charge in [-0.3, -0.25) is 0 Å². The molecule has 0 amide bonds. The fourth-order valence-electron chi connectivity index (χ4n) is 3.21. The Balaban J connectivity index is 0.00000288. The number of aliphatic hydroxyl groups is 6. The number of hydrogen-bond donors (Lipinski definition) is 6. The first-order chi connectivity index (χ1) is 10.9. The minimum absolute atomic E-state index is 0. The predicted octanol–water partition coefficient (Wildman–Crippen LogP) is -3.10. The van der Waals surface area contributed by atoms with Crippen LogP contribution in [0.1, 0.15) is 6.42 Å². The number of nitrogens with zero attached hydrogens (tertiary/aromatic N) is 1. The number of rotatable bonds is 5. The largest absolute Gasteiger partial charge is 0.396 e. The molecule has 144 valence electrons.